The van der Waals surface area contributed by atoms with Gasteiger partial charge in [0.1, 0.15) is 0 Å². The Hall–Kier alpha value is -2.41. The fourth-order valence-corrected chi connectivity index (χ4v) is 3.44. The van der Waals surface area contributed by atoms with Crippen molar-refractivity contribution in [3.8, 4) is 0 Å². The van der Waals surface area contributed by atoms with Crippen molar-refractivity contribution < 1.29 is 14.3 Å². The number of nitrogens with zero attached hydrogens (tertiary/aromatic N) is 3. The molecule has 150 valence electrons. The molecular weight excluding hydrogens is 374 g/mol. The molecule has 0 N–H and O–H groups in total. The highest BCUT2D eigenvalue weighted by Crippen LogP contribution is 2.18. The van der Waals surface area contributed by atoms with Gasteiger partial charge in [-0.05, 0) is 58.1 Å². The molecule has 1 atom stereocenters. The SMILES string of the molecule is CCN(C(=O)[C@H](C)OC(=O)CCc1c(C)nc(SC)nc1C)c1ccccc1. The maximum Gasteiger partial charge on any atom is 0.306 e. The van der Waals surface area contributed by atoms with Gasteiger partial charge < -0.3 is 9.64 Å². The summed E-state index contributed by atoms with van der Waals surface area (Å²) in [5.74, 6) is -0.639. The third-order valence-electron chi connectivity index (χ3n) is 4.47. The molecule has 0 radical (unpaired) electrons. The summed E-state index contributed by atoms with van der Waals surface area (Å²) in [6, 6.07) is 9.36. The Labute approximate surface area is 170 Å². The number of likely N-dealkylation sites (N-methyl/N-ethyl adjacent to an activating group) is 1. The average molecular weight is 402 g/mol. The molecule has 7 heteroatoms. The van der Waals surface area contributed by atoms with E-state index in [0.717, 1.165) is 27.8 Å². The maximum atomic E-state index is 12.7. The number of esters is 1. The van der Waals surface area contributed by atoms with Crippen LogP contribution in [0.5, 0.6) is 0 Å². The number of hydrogen-bond acceptors (Lipinski definition) is 6. The number of aromatic nitrogens is 2. The predicted octanol–water partition coefficient (Wildman–Crippen LogP) is 3.73. The summed E-state index contributed by atoms with van der Waals surface area (Å²) in [7, 11) is 0. The molecule has 1 aromatic carbocycles. The molecule has 0 aliphatic rings. The second kappa shape index (κ2) is 10.2. The number of hydrogen-bond donors (Lipinski definition) is 0. The Morgan fingerprint density at radius 1 is 1.14 bits per heavy atom. The minimum atomic E-state index is -0.843. The molecular formula is C21H27N3O3S. The molecule has 0 spiro atoms. The van der Waals surface area contributed by atoms with Crippen LogP contribution in [-0.2, 0) is 20.7 Å². The van der Waals surface area contributed by atoms with Crippen LogP contribution in [-0.4, -0.2) is 40.7 Å². The average Bonchev–Trinajstić information content (AvgIpc) is 2.68. The van der Waals surface area contributed by atoms with Crippen molar-refractivity contribution >= 4 is 29.3 Å². The van der Waals surface area contributed by atoms with E-state index in [4.69, 9.17) is 4.74 Å². The van der Waals surface area contributed by atoms with Crippen molar-refractivity contribution in [3.05, 3.63) is 47.3 Å². The number of ether oxygens (including phenoxy) is 1. The number of rotatable bonds is 8. The Kier molecular flexibility index (Phi) is 7.99. The van der Waals surface area contributed by atoms with Gasteiger partial charge >= 0.3 is 5.97 Å². The number of carbonyl (C=O) groups excluding carboxylic acids is 2. The summed E-state index contributed by atoms with van der Waals surface area (Å²) in [5, 5.41) is 0.723. The fourth-order valence-electron chi connectivity index (χ4n) is 2.99. The van der Waals surface area contributed by atoms with Crippen molar-refractivity contribution in [2.24, 2.45) is 0 Å². The molecule has 2 rings (SSSR count). The van der Waals surface area contributed by atoms with Gasteiger partial charge in [-0.2, -0.15) is 0 Å². The molecule has 6 nitrogen and oxygen atoms in total. The molecule has 0 bridgehead atoms. The topological polar surface area (TPSA) is 72.4 Å². The molecule has 0 fully saturated rings. The summed E-state index contributed by atoms with van der Waals surface area (Å²) in [6.07, 6.45) is 1.75. The van der Waals surface area contributed by atoms with Crippen LogP contribution in [0.25, 0.3) is 0 Å². The van der Waals surface area contributed by atoms with E-state index in [1.54, 1.807) is 11.8 Å². The van der Waals surface area contributed by atoms with Gasteiger partial charge in [0.15, 0.2) is 11.3 Å². The van der Waals surface area contributed by atoms with Gasteiger partial charge in [-0.15, -0.1) is 0 Å². The third kappa shape index (κ3) is 5.55. The van der Waals surface area contributed by atoms with Crippen LogP contribution >= 0.6 is 11.8 Å². The summed E-state index contributed by atoms with van der Waals surface area (Å²) in [5.41, 5.74) is 3.48. The van der Waals surface area contributed by atoms with Crippen molar-refractivity contribution in [1.82, 2.24) is 9.97 Å². The zero-order valence-corrected chi connectivity index (χ0v) is 17.9. The van der Waals surface area contributed by atoms with E-state index >= 15 is 0 Å². The van der Waals surface area contributed by atoms with E-state index in [1.807, 2.05) is 57.4 Å². The van der Waals surface area contributed by atoms with Crippen LogP contribution < -0.4 is 4.90 Å². The first-order valence-corrected chi connectivity index (χ1v) is 10.5. The molecule has 1 aromatic heterocycles. The normalized spacial score (nSPS) is 11.8. The smallest absolute Gasteiger partial charge is 0.306 e. The van der Waals surface area contributed by atoms with Crippen LogP contribution in [0.1, 0.15) is 37.2 Å². The predicted molar refractivity (Wildman–Crippen MR) is 112 cm³/mol. The number of amides is 1. The second-order valence-corrected chi connectivity index (χ2v) is 7.18. The number of para-hydroxylation sites is 1. The highest BCUT2D eigenvalue weighted by Gasteiger charge is 2.24. The first-order chi connectivity index (χ1) is 13.4. The zero-order valence-electron chi connectivity index (χ0n) is 17.1. The number of thioether (sulfide) groups is 1. The van der Waals surface area contributed by atoms with Gasteiger partial charge in [-0.1, -0.05) is 30.0 Å². The molecule has 28 heavy (non-hydrogen) atoms. The Bertz CT molecular complexity index is 804. The van der Waals surface area contributed by atoms with Crippen molar-refractivity contribution in [3.63, 3.8) is 0 Å². The van der Waals surface area contributed by atoms with Crippen molar-refractivity contribution in [1.29, 1.82) is 0 Å². The van der Waals surface area contributed by atoms with E-state index in [2.05, 4.69) is 9.97 Å². The number of anilines is 1. The third-order valence-corrected chi connectivity index (χ3v) is 5.02. The highest BCUT2D eigenvalue weighted by atomic mass is 32.2. The quantitative estimate of drug-likeness (QED) is 0.381. The van der Waals surface area contributed by atoms with Gasteiger partial charge in [0.2, 0.25) is 0 Å². The molecule has 0 saturated carbocycles. The van der Waals surface area contributed by atoms with Crippen molar-refractivity contribution in [2.75, 3.05) is 17.7 Å². The molecule has 0 unspecified atom stereocenters. The molecule has 2 aromatic rings. The van der Waals surface area contributed by atoms with Crippen LogP contribution in [0.3, 0.4) is 0 Å². The Morgan fingerprint density at radius 2 is 1.75 bits per heavy atom. The van der Waals surface area contributed by atoms with Crippen LogP contribution in [0, 0.1) is 13.8 Å². The molecule has 0 saturated heterocycles. The molecule has 0 aliphatic heterocycles. The first kappa shape index (κ1) is 21.9. The molecule has 1 heterocycles. The van der Waals surface area contributed by atoms with Gasteiger partial charge in [0, 0.05) is 30.0 Å². The van der Waals surface area contributed by atoms with E-state index in [0.29, 0.717) is 13.0 Å². The summed E-state index contributed by atoms with van der Waals surface area (Å²) in [6.45, 7) is 7.84. The van der Waals surface area contributed by atoms with Gasteiger partial charge in [0.05, 0.1) is 0 Å². The van der Waals surface area contributed by atoms with Crippen molar-refractivity contribution in [2.45, 2.75) is 51.8 Å². The highest BCUT2D eigenvalue weighted by molar-refractivity contribution is 7.98. The zero-order chi connectivity index (χ0) is 20.7. The summed E-state index contributed by atoms with van der Waals surface area (Å²) < 4.78 is 5.39. The van der Waals surface area contributed by atoms with Gasteiger partial charge in [-0.25, -0.2) is 9.97 Å². The summed E-state index contributed by atoms with van der Waals surface area (Å²) in [4.78, 5) is 35.4. The second-order valence-electron chi connectivity index (χ2n) is 6.41. The lowest BCUT2D eigenvalue weighted by Crippen LogP contribution is -2.40. The molecule has 1 amide bonds. The lowest BCUT2D eigenvalue weighted by molar-refractivity contribution is -0.153. The van der Waals surface area contributed by atoms with Gasteiger partial charge in [-0.3, -0.25) is 9.59 Å². The minimum Gasteiger partial charge on any atom is -0.453 e. The lowest BCUT2D eigenvalue weighted by atomic mass is 10.1. The Balaban J connectivity index is 1.96. The number of aryl methyl sites for hydroxylation is 2. The fraction of sp³-hybridized carbons (Fsp3) is 0.429. The first-order valence-electron chi connectivity index (χ1n) is 9.31. The van der Waals surface area contributed by atoms with E-state index in [1.165, 1.54) is 11.8 Å². The monoisotopic (exact) mass is 401 g/mol. The standard InChI is InChI=1S/C21H27N3O3S/c1-6-24(17-10-8-7-9-11-17)20(26)16(4)27-19(25)13-12-18-14(2)22-21(28-5)23-15(18)3/h7-11,16H,6,12-13H2,1-5H3/t16-/m0/s1. The van der Waals surface area contributed by atoms with Crippen LogP contribution in [0.15, 0.2) is 35.5 Å². The number of benzene rings is 1. The van der Waals surface area contributed by atoms with E-state index < -0.39 is 12.1 Å². The van der Waals surface area contributed by atoms with Crippen LogP contribution in [0.4, 0.5) is 5.69 Å². The Morgan fingerprint density at radius 3 is 2.29 bits per heavy atom. The summed E-state index contributed by atoms with van der Waals surface area (Å²) >= 11 is 1.49. The van der Waals surface area contributed by atoms with Crippen LogP contribution in [0.2, 0.25) is 0 Å². The lowest BCUT2D eigenvalue weighted by Gasteiger charge is -2.24. The maximum absolute atomic E-state index is 12.7. The van der Waals surface area contributed by atoms with Gasteiger partial charge in [0.25, 0.3) is 5.91 Å². The minimum absolute atomic E-state index is 0.179. The molecule has 0 aliphatic carbocycles. The van der Waals surface area contributed by atoms with E-state index in [-0.39, 0.29) is 12.3 Å². The largest absolute Gasteiger partial charge is 0.453 e. The number of carbonyl (C=O) groups is 2. The van der Waals surface area contributed by atoms with E-state index in [9.17, 15) is 9.59 Å².